The van der Waals surface area contributed by atoms with Crippen molar-refractivity contribution in [2.45, 2.75) is 32.7 Å². The number of nitrogens with one attached hydrogen (secondary N) is 1. The minimum Gasteiger partial charge on any atom is -0.494 e. The first-order valence-electron chi connectivity index (χ1n) is 10.2. The topological polar surface area (TPSA) is 60.5 Å². The molecule has 1 amide bonds. The Hall–Kier alpha value is -2.86. The molecule has 0 bridgehead atoms. The highest BCUT2D eigenvalue weighted by atomic mass is 35.5. The quantitative estimate of drug-likeness (QED) is 0.367. The van der Waals surface area contributed by atoms with Gasteiger partial charge in [0.1, 0.15) is 5.75 Å². The summed E-state index contributed by atoms with van der Waals surface area (Å²) in [5, 5.41) is 3.76. The van der Waals surface area contributed by atoms with Crippen molar-refractivity contribution in [3.8, 4) is 22.8 Å². The molecule has 3 rings (SSSR count). The second-order valence-corrected chi connectivity index (χ2v) is 7.87. The van der Waals surface area contributed by atoms with Gasteiger partial charge >= 0.3 is 0 Å². The van der Waals surface area contributed by atoms with Crippen molar-refractivity contribution >= 4 is 28.4 Å². The van der Waals surface area contributed by atoms with Crippen LogP contribution in [0.5, 0.6) is 11.5 Å². The number of hydrogen-bond acceptors (Lipinski definition) is 4. The van der Waals surface area contributed by atoms with Crippen LogP contribution < -0.4 is 14.8 Å². The summed E-state index contributed by atoms with van der Waals surface area (Å²) >= 11 is 5.71. The lowest BCUT2D eigenvalue weighted by atomic mass is 10.00. The van der Waals surface area contributed by atoms with Crippen LogP contribution in [0, 0.1) is 5.82 Å². The van der Waals surface area contributed by atoms with Gasteiger partial charge in [-0.05, 0) is 68.3 Å². The Morgan fingerprint density at radius 1 is 1.19 bits per heavy atom. The minimum absolute atomic E-state index is 0.0252. The summed E-state index contributed by atoms with van der Waals surface area (Å²) in [6.07, 6.45) is 0.900. The Kier molecular flexibility index (Phi) is 7.69. The van der Waals surface area contributed by atoms with Crippen molar-refractivity contribution in [2.75, 3.05) is 19.6 Å². The number of nitrogens with zero attached hydrogens (tertiary/aromatic N) is 1. The summed E-state index contributed by atoms with van der Waals surface area (Å²) < 4.78 is 24.8. The Morgan fingerprint density at radius 3 is 2.71 bits per heavy atom. The van der Waals surface area contributed by atoms with Gasteiger partial charge in [-0.25, -0.2) is 9.37 Å². The van der Waals surface area contributed by atoms with Crippen molar-refractivity contribution in [3.05, 3.63) is 53.8 Å². The number of amides is 1. The molecule has 0 fully saturated rings. The number of pyridine rings is 1. The molecule has 0 radical (unpaired) electrons. The number of halogens is 2. The molecule has 2 aromatic carbocycles. The molecule has 1 N–H and O–H groups in total. The van der Waals surface area contributed by atoms with Gasteiger partial charge in [0.2, 0.25) is 5.91 Å². The highest BCUT2D eigenvalue weighted by Gasteiger charge is 2.16. The number of carbonyl (C=O) groups excluding carboxylic acids is 1. The Bertz CT molecular complexity index is 1070. The number of aromatic nitrogens is 1. The van der Waals surface area contributed by atoms with E-state index in [0.29, 0.717) is 29.5 Å². The number of methoxy groups -OCH3 is 1. The van der Waals surface area contributed by atoms with E-state index in [1.807, 2.05) is 38.1 Å². The van der Waals surface area contributed by atoms with Gasteiger partial charge in [-0.3, -0.25) is 4.79 Å². The summed E-state index contributed by atoms with van der Waals surface area (Å²) in [5.74, 6) is 0.813. The zero-order valence-corrected chi connectivity index (χ0v) is 18.6. The second-order valence-electron chi connectivity index (χ2n) is 7.49. The van der Waals surface area contributed by atoms with Crippen LogP contribution in [-0.4, -0.2) is 36.5 Å². The van der Waals surface area contributed by atoms with Gasteiger partial charge in [0, 0.05) is 22.9 Å². The minimum atomic E-state index is -0.454. The monoisotopic (exact) mass is 444 g/mol. The van der Waals surface area contributed by atoms with Crippen molar-refractivity contribution in [2.24, 2.45) is 0 Å². The van der Waals surface area contributed by atoms with E-state index in [2.05, 4.69) is 5.32 Å². The largest absolute Gasteiger partial charge is 0.494 e. The molecule has 5 nitrogen and oxygen atoms in total. The van der Waals surface area contributed by atoms with Gasteiger partial charge in [0.15, 0.2) is 11.6 Å². The smallest absolute Gasteiger partial charge is 0.224 e. The normalized spacial score (nSPS) is 11.0. The molecule has 0 aliphatic heterocycles. The fourth-order valence-electron chi connectivity index (χ4n) is 3.27. The van der Waals surface area contributed by atoms with Crippen LogP contribution in [0.4, 0.5) is 4.39 Å². The molecule has 0 saturated heterocycles. The van der Waals surface area contributed by atoms with Gasteiger partial charge in [-0.2, -0.15) is 0 Å². The maximum Gasteiger partial charge on any atom is 0.224 e. The van der Waals surface area contributed by atoms with E-state index in [1.54, 1.807) is 12.1 Å². The molecule has 0 saturated carbocycles. The van der Waals surface area contributed by atoms with Crippen molar-refractivity contribution < 1.29 is 18.7 Å². The maximum atomic E-state index is 13.9. The van der Waals surface area contributed by atoms with Crippen LogP contribution in [0.1, 0.15) is 25.8 Å². The molecule has 0 aliphatic carbocycles. The van der Waals surface area contributed by atoms with E-state index in [0.717, 1.165) is 22.9 Å². The summed E-state index contributed by atoms with van der Waals surface area (Å²) in [4.78, 5) is 17.3. The number of alkyl halides is 1. The lowest BCUT2D eigenvalue weighted by molar-refractivity contribution is -0.120. The standard InChI is InChI=1S/C24H26ClFN2O3/c1-15(2)27-23(29)14-18-11-17-12-19(31-10-4-9-25)6-8-21(17)28-24(18)16-5-7-20(26)22(13-16)30-3/h5-8,11-13,15H,4,9-10,14H2,1-3H3,(H,27,29). The third-order valence-corrected chi connectivity index (χ3v) is 4.90. The molecule has 0 unspecified atom stereocenters. The number of rotatable bonds is 9. The number of hydrogen-bond donors (Lipinski definition) is 1. The van der Waals surface area contributed by atoms with Gasteiger partial charge in [0.25, 0.3) is 0 Å². The lowest BCUT2D eigenvalue weighted by Gasteiger charge is -2.14. The van der Waals surface area contributed by atoms with Gasteiger partial charge in [-0.1, -0.05) is 0 Å². The lowest BCUT2D eigenvalue weighted by Crippen LogP contribution is -2.31. The van der Waals surface area contributed by atoms with E-state index in [9.17, 15) is 9.18 Å². The van der Waals surface area contributed by atoms with Crippen LogP contribution in [0.3, 0.4) is 0 Å². The predicted molar refractivity (Wildman–Crippen MR) is 122 cm³/mol. The first kappa shape index (κ1) is 22.8. The van der Waals surface area contributed by atoms with Crippen LogP contribution in [0.25, 0.3) is 22.2 Å². The van der Waals surface area contributed by atoms with Crippen molar-refractivity contribution in [1.29, 1.82) is 0 Å². The molecule has 31 heavy (non-hydrogen) atoms. The van der Waals surface area contributed by atoms with Crippen LogP contribution in [-0.2, 0) is 11.2 Å². The summed E-state index contributed by atoms with van der Waals surface area (Å²) in [5.41, 5.74) is 2.77. The average Bonchev–Trinajstić information content (AvgIpc) is 2.73. The molecule has 164 valence electrons. The number of carbonyl (C=O) groups is 1. The third-order valence-electron chi connectivity index (χ3n) is 4.64. The van der Waals surface area contributed by atoms with Crippen molar-refractivity contribution in [1.82, 2.24) is 10.3 Å². The molecule has 1 aromatic heterocycles. The molecule has 7 heteroatoms. The molecular formula is C24H26ClFN2O3. The number of ether oxygens (including phenoxy) is 2. The predicted octanol–water partition coefficient (Wildman–Crippen LogP) is 5.12. The third kappa shape index (κ3) is 5.85. The van der Waals surface area contributed by atoms with E-state index in [1.165, 1.54) is 13.2 Å². The first-order chi connectivity index (χ1) is 14.9. The maximum absolute atomic E-state index is 13.9. The zero-order chi connectivity index (χ0) is 22.4. The van der Waals surface area contributed by atoms with Crippen LogP contribution in [0.2, 0.25) is 0 Å². The molecular weight excluding hydrogens is 419 g/mol. The summed E-state index contributed by atoms with van der Waals surface area (Å²) in [7, 11) is 1.42. The summed E-state index contributed by atoms with van der Waals surface area (Å²) in [6, 6.07) is 12.1. The highest BCUT2D eigenvalue weighted by molar-refractivity contribution is 6.17. The molecule has 3 aromatic rings. The van der Waals surface area contributed by atoms with E-state index in [4.69, 9.17) is 26.1 Å². The number of benzene rings is 2. The Labute approximate surface area is 186 Å². The van der Waals surface area contributed by atoms with Crippen molar-refractivity contribution in [3.63, 3.8) is 0 Å². The SMILES string of the molecule is COc1cc(-c2nc3ccc(OCCCCl)cc3cc2CC(=O)NC(C)C)ccc1F. The average molecular weight is 445 g/mol. The molecule has 1 heterocycles. The molecule has 0 aliphatic rings. The second kappa shape index (κ2) is 10.4. The Balaban J connectivity index is 2.06. The Morgan fingerprint density at radius 2 is 2.00 bits per heavy atom. The van der Waals surface area contributed by atoms with E-state index < -0.39 is 5.82 Å². The molecule has 0 spiro atoms. The van der Waals surface area contributed by atoms with E-state index >= 15 is 0 Å². The van der Waals surface area contributed by atoms with Crippen LogP contribution in [0.15, 0.2) is 42.5 Å². The first-order valence-corrected chi connectivity index (χ1v) is 10.7. The van der Waals surface area contributed by atoms with Gasteiger partial charge in [-0.15, -0.1) is 11.6 Å². The fourth-order valence-corrected chi connectivity index (χ4v) is 3.38. The zero-order valence-electron chi connectivity index (χ0n) is 17.9. The van der Waals surface area contributed by atoms with Gasteiger partial charge < -0.3 is 14.8 Å². The summed E-state index contributed by atoms with van der Waals surface area (Å²) in [6.45, 7) is 4.35. The van der Waals surface area contributed by atoms with Gasteiger partial charge in [0.05, 0.1) is 31.3 Å². The van der Waals surface area contributed by atoms with E-state index in [-0.39, 0.29) is 24.1 Å². The number of fused-ring (bicyclic) bond motifs is 1. The highest BCUT2D eigenvalue weighted by Crippen LogP contribution is 2.31. The molecule has 0 atom stereocenters. The fraction of sp³-hybridized carbons (Fsp3) is 0.333. The van der Waals surface area contributed by atoms with Crippen LogP contribution >= 0.6 is 11.6 Å².